The standard InChI is InChI=1S/C17H23ClN2O/c1-3-15-12-16(20(4-2)19-15)13-17(21,10-11-18)14-8-6-5-7-9-14/h5-9,12,21H,3-4,10-11,13H2,1-2H3. The van der Waals surface area contributed by atoms with Gasteiger partial charge in [-0.1, -0.05) is 37.3 Å². The average molecular weight is 307 g/mol. The van der Waals surface area contributed by atoms with Gasteiger partial charge in [-0.05, 0) is 31.4 Å². The van der Waals surface area contributed by atoms with Gasteiger partial charge >= 0.3 is 0 Å². The van der Waals surface area contributed by atoms with Crippen molar-refractivity contribution in [3.63, 3.8) is 0 Å². The van der Waals surface area contributed by atoms with E-state index in [1.807, 2.05) is 35.0 Å². The molecule has 114 valence electrons. The zero-order chi connectivity index (χ0) is 15.3. The fourth-order valence-corrected chi connectivity index (χ4v) is 2.96. The van der Waals surface area contributed by atoms with Gasteiger partial charge in [-0.15, -0.1) is 11.6 Å². The Hall–Kier alpha value is -1.32. The van der Waals surface area contributed by atoms with Crippen LogP contribution in [0.1, 0.15) is 37.2 Å². The molecule has 0 amide bonds. The van der Waals surface area contributed by atoms with Crippen LogP contribution in [-0.2, 0) is 25.0 Å². The first kappa shape index (κ1) is 16.1. The molecule has 0 radical (unpaired) electrons. The minimum atomic E-state index is -0.943. The second-order valence-corrected chi connectivity index (χ2v) is 5.69. The summed E-state index contributed by atoms with van der Waals surface area (Å²) in [6.07, 6.45) is 1.96. The summed E-state index contributed by atoms with van der Waals surface area (Å²) in [6, 6.07) is 11.9. The second-order valence-electron chi connectivity index (χ2n) is 5.31. The summed E-state index contributed by atoms with van der Waals surface area (Å²) in [4.78, 5) is 0. The Morgan fingerprint density at radius 1 is 1.24 bits per heavy atom. The van der Waals surface area contributed by atoms with Gasteiger partial charge in [0, 0.05) is 24.5 Å². The van der Waals surface area contributed by atoms with Crippen molar-refractivity contribution < 1.29 is 5.11 Å². The normalized spacial score (nSPS) is 14.1. The van der Waals surface area contributed by atoms with Crippen molar-refractivity contribution in [3.05, 3.63) is 53.3 Å². The van der Waals surface area contributed by atoms with E-state index >= 15 is 0 Å². The van der Waals surface area contributed by atoms with Gasteiger partial charge in [0.15, 0.2) is 0 Å². The topological polar surface area (TPSA) is 38.0 Å². The number of hydrogen-bond donors (Lipinski definition) is 1. The van der Waals surface area contributed by atoms with Gasteiger partial charge in [0.2, 0.25) is 0 Å². The third-order valence-corrected chi connectivity index (χ3v) is 4.06. The molecule has 0 spiro atoms. The van der Waals surface area contributed by atoms with Crippen molar-refractivity contribution >= 4 is 11.6 Å². The molecule has 0 fully saturated rings. The Balaban J connectivity index is 2.34. The summed E-state index contributed by atoms with van der Waals surface area (Å²) in [5, 5.41) is 15.7. The molecule has 2 aromatic rings. The highest BCUT2D eigenvalue weighted by atomic mass is 35.5. The van der Waals surface area contributed by atoms with Crippen molar-refractivity contribution in [1.29, 1.82) is 0 Å². The van der Waals surface area contributed by atoms with Gasteiger partial charge in [-0.25, -0.2) is 0 Å². The van der Waals surface area contributed by atoms with E-state index in [2.05, 4.69) is 25.0 Å². The lowest BCUT2D eigenvalue weighted by Gasteiger charge is -2.28. The molecule has 3 nitrogen and oxygen atoms in total. The second kappa shape index (κ2) is 7.10. The fraction of sp³-hybridized carbons (Fsp3) is 0.471. The van der Waals surface area contributed by atoms with E-state index < -0.39 is 5.60 Å². The SMILES string of the molecule is CCc1cc(CC(O)(CCCl)c2ccccc2)n(CC)n1. The van der Waals surface area contributed by atoms with Gasteiger partial charge in [0.25, 0.3) is 0 Å². The van der Waals surface area contributed by atoms with Crippen LogP contribution in [-0.4, -0.2) is 20.8 Å². The highest BCUT2D eigenvalue weighted by molar-refractivity contribution is 6.17. The molecule has 0 aliphatic heterocycles. The quantitative estimate of drug-likeness (QED) is 0.795. The summed E-state index contributed by atoms with van der Waals surface area (Å²) in [6.45, 7) is 4.97. The zero-order valence-corrected chi connectivity index (χ0v) is 13.5. The molecule has 1 atom stereocenters. The van der Waals surface area contributed by atoms with Crippen LogP contribution in [0.3, 0.4) is 0 Å². The minimum absolute atomic E-state index is 0.423. The molecule has 1 aromatic heterocycles. The maximum absolute atomic E-state index is 11.1. The molecule has 1 heterocycles. The third-order valence-electron chi connectivity index (χ3n) is 3.87. The van der Waals surface area contributed by atoms with Crippen LogP contribution in [0, 0.1) is 0 Å². The summed E-state index contributed by atoms with van der Waals surface area (Å²) in [5.74, 6) is 0.423. The number of nitrogens with zero attached hydrogens (tertiary/aromatic N) is 2. The van der Waals surface area contributed by atoms with Crippen molar-refractivity contribution in [2.45, 2.75) is 45.3 Å². The average Bonchev–Trinajstić information content (AvgIpc) is 2.90. The van der Waals surface area contributed by atoms with E-state index in [9.17, 15) is 5.11 Å². The molecule has 1 N–H and O–H groups in total. The van der Waals surface area contributed by atoms with Crippen LogP contribution in [0.2, 0.25) is 0 Å². The van der Waals surface area contributed by atoms with E-state index in [-0.39, 0.29) is 0 Å². The number of hydrogen-bond acceptors (Lipinski definition) is 2. The molecule has 0 bridgehead atoms. The molecule has 4 heteroatoms. The number of alkyl halides is 1. The van der Waals surface area contributed by atoms with Crippen LogP contribution in [0.4, 0.5) is 0 Å². The van der Waals surface area contributed by atoms with Crippen molar-refractivity contribution in [2.24, 2.45) is 0 Å². The molecule has 0 saturated heterocycles. The number of aryl methyl sites for hydroxylation is 2. The molecule has 2 rings (SSSR count). The summed E-state index contributed by atoms with van der Waals surface area (Å²) in [5.41, 5.74) is 2.09. The fourth-order valence-electron chi connectivity index (χ4n) is 2.64. The summed E-state index contributed by atoms with van der Waals surface area (Å²) < 4.78 is 1.97. The van der Waals surface area contributed by atoms with Crippen LogP contribution >= 0.6 is 11.6 Å². The van der Waals surface area contributed by atoms with Crippen LogP contribution in [0.15, 0.2) is 36.4 Å². The lowest BCUT2D eigenvalue weighted by Crippen LogP contribution is -2.30. The highest BCUT2D eigenvalue weighted by Gasteiger charge is 2.30. The predicted molar refractivity (Wildman–Crippen MR) is 86.7 cm³/mol. The van der Waals surface area contributed by atoms with E-state index in [4.69, 9.17) is 11.6 Å². The Morgan fingerprint density at radius 3 is 2.52 bits per heavy atom. The highest BCUT2D eigenvalue weighted by Crippen LogP contribution is 2.30. The van der Waals surface area contributed by atoms with Gasteiger partial charge in [-0.2, -0.15) is 5.10 Å². The predicted octanol–water partition coefficient (Wildman–Crippen LogP) is 3.52. The molecule has 1 unspecified atom stereocenters. The van der Waals surface area contributed by atoms with Crippen LogP contribution in [0.5, 0.6) is 0 Å². The van der Waals surface area contributed by atoms with Gasteiger partial charge in [0.05, 0.1) is 11.3 Å². The first-order valence-corrected chi connectivity index (χ1v) is 8.06. The van der Waals surface area contributed by atoms with E-state index in [1.54, 1.807) is 0 Å². The van der Waals surface area contributed by atoms with Crippen molar-refractivity contribution in [3.8, 4) is 0 Å². The van der Waals surface area contributed by atoms with E-state index in [1.165, 1.54) is 0 Å². The number of benzene rings is 1. The minimum Gasteiger partial charge on any atom is -0.385 e. The number of aromatic nitrogens is 2. The Kier molecular flexibility index (Phi) is 5.43. The Labute approximate surface area is 131 Å². The zero-order valence-electron chi connectivity index (χ0n) is 12.7. The molecular weight excluding hydrogens is 284 g/mol. The smallest absolute Gasteiger partial charge is 0.0963 e. The molecular formula is C17H23ClN2O. The van der Waals surface area contributed by atoms with Gasteiger partial charge in [0.1, 0.15) is 0 Å². The molecule has 0 saturated carbocycles. The maximum Gasteiger partial charge on any atom is 0.0963 e. The first-order valence-electron chi connectivity index (χ1n) is 7.52. The molecule has 1 aromatic carbocycles. The molecule has 21 heavy (non-hydrogen) atoms. The summed E-state index contributed by atoms with van der Waals surface area (Å²) in [7, 11) is 0. The van der Waals surface area contributed by atoms with Crippen molar-refractivity contribution in [1.82, 2.24) is 9.78 Å². The monoisotopic (exact) mass is 306 g/mol. The van der Waals surface area contributed by atoms with Gasteiger partial charge < -0.3 is 5.11 Å². The van der Waals surface area contributed by atoms with Crippen LogP contribution in [0.25, 0.3) is 0 Å². The van der Waals surface area contributed by atoms with Crippen molar-refractivity contribution in [2.75, 3.05) is 5.88 Å². The van der Waals surface area contributed by atoms with E-state index in [0.29, 0.717) is 18.7 Å². The van der Waals surface area contributed by atoms with E-state index in [0.717, 1.165) is 29.9 Å². The maximum atomic E-state index is 11.1. The molecule has 0 aliphatic carbocycles. The number of halogens is 1. The molecule has 0 aliphatic rings. The van der Waals surface area contributed by atoms with Crippen LogP contribution < -0.4 is 0 Å². The number of aliphatic hydroxyl groups is 1. The lowest BCUT2D eigenvalue weighted by atomic mass is 9.86. The summed E-state index contributed by atoms with van der Waals surface area (Å²) >= 11 is 5.93. The third kappa shape index (κ3) is 3.66. The lowest BCUT2D eigenvalue weighted by molar-refractivity contribution is 0.0316. The number of rotatable bonds is 7. The first-order chi connectivity index (χ1) is 10.1. The Morgan fingerprint density at radius 2 is 1.95 bits per heavy atom. The largest absolute Gasteiger partial charge is 0.385 e. The Bertz CT molecular complexity index is 567. The van der Waals surface area contributed by atoms with Gasteiger partial charge in [-0.3, -0.25) is 4.68 Å².